The molecular formula is C14H18N2O2. The van der Waals surface area contributed by atoms with Crippen LogP contribution in [0.2, 0.25) is 0 Å². The number of para-hydroxylation sites is 1. The van der Waals surface area contributed by atoms with Crippen molar-refractivity contribution < 1.29 is 9.21 Å². The lowest BCUT2D eigenvalue weighted by molar-refractivity contribution is 0.0904. The van der Waals surface area contributed by atoms with Gasteiger partial charge in [-0.3, -0.25) is 4.79 Å². The van der Waals surface area contributed by atoms with Gasteiger partial charge in [-0.15, -0.1) is 0 Å². The number of carbonyl (C=O) groups is 1. The molecule has 96 valence electrons. The van der Waals surface area contributed by atoms with Crippen molar-refractivity contribution >= 4 is 16.9 Å². The number of hydrogen-bond acceptors (Lipinski definition) is 3. The first-order chi connectivity index (χ1) is 8.42. The number of nitrogens with two attached hydrogens (primary N) is 1. The first kappa shape index (κ1) is 12.6. The fraction of sp³-hybridized carbons (Fsp3) is 0.357. The number of carbonyl (C=O) groups excluding carboxylic acids is 1. The van der Waals surface area contributed by atoms with Gasteiger partial charge in [0.15, 0.2) is 0 Å². The SMILES string of the molecule is CC(N)C(C)(C)NC(=O)c1coc2ccccc12. The van der Waals surface area contributed by atoms with Crippen LogP contribution in [0.1, 0.15) is 31.1 Å². The van der Waals surface area contributed by atoms with Crippen LogP contribution >= 0.6 is 0 Å². The zero-order valence-electron chi connectivity index (χ0n) is 10.9. The lowest BCUT2D eigenvalue weighted by atomic mass is 9.96. The summed E-state index contributed by atoms with van der Waals surface area (Å²) in [6.45, 7) is 5.67. The Balaban J connectivity index is 2.30. The number of amides is 1. The highest BCUT2D eigenvalue weighted by atomic mass is 16.3. The van der Waals surface area contributed by atoms with Gasteiger partial charge in [0.1, 0.15) is 11.8 Å². The Morgan fingerprint density at radius 2 is 2.06 bits per heavy atom. The molecule has 1 heterocycles. The van der Waals surface area contributed by atoms with Crippen LogP contribution in [-0.4, -0.2) is 17.5 Å². The molecule has 0 bridgehead atoms. The summed E-state index contributed by atoms with van der Waals surface area (Å²) in [5.41, 5.74) is 6.63. The van der Waals surface area contributed by atoms with E-state index in [9.17, 15) is 4.79 Å². The molecule has 1 unspecified atom stereocenters. The van der Waals surface area contributed by atoms with Gasteiger partial charge in [0, 0.05) is 17.0 Å². The van der Waals surface area contributed by atoms with E-state index in [1.165, 1.54) is 6.26 Å². The van der Waals surface area contributed by atoms with Crippen LogP contribution in [0, 0.1) is 0 Å². The molecule has 1 aromatic heterocycles. The third-order valence-electron chi connectivity index (χ3n) is 3.30. The van der Waals surface area contributed by atoms with Gasteiger partial charge in [0.2, 0.25) is 0 Å². The molecule has 0 aliphatic heterocycles. The molecule has 1 aromatic carbocycles. The van der Waals surface area contributed by atoms with Gasteiger partial charge in [-0.25, -0.2) is 0 Å². The van der Waals surface area contributed by atoms with E-state index in [1.807, 2.05) is 45.0 Å². The van der Waals surface area contributed by atoms with Crippen LogP contribution in [0.25, 0.3) is 11.0 Å². The Morgan fingerprint density at radius 3 is 2.72 bits per heavy atom. The molecule has 2 aromatic rings. The van der Waals surface area contributed by atoms with Crippen LogP contribution in [0.5, 0.6) is 0 Å². The fourth-order valence-electron chi connectivity index (χ4n) is 1.63. The van der Waals surface area contributed by atoms with Crippen LogP contribution in [0.15, 0.2) is 34.9 Å². The van der Waals surface area contributed by atoms with E-state index in [1.54, 1.807) is 0 Å². The summed E-state index contributed by atoms with van der Waals surface area (Å²) in [4.78, 5) is 12.2. The molecule has 0 fully saturated rings. The van der Waals surface area contributed by atoms with Gasteiger partial charge in [0.05, 0.1) is 5.56 Å². The Bertz CT molecular complexity index is 570. The molecule has 0 saturated heterocycles. The van der Waals surface area contributed by atoms with Gasteiger partial charge < -0.3 is 15.5 Å². The minimum absolute atomic E-state index is 0.139. The molecule has 0 saturated carbocycles. The second-order valence-electron chi connectivity index (χ2n) is 5.11. The van der Waals surface area contributed by atoms with E-state index in [4.69, 9.17) is 10.2 Å². The zero-order valence-corrected chi connectivity index (χ0v) is 10.9. The zero-order chi connectivity index (χ0) is 13.3. The predicted octanol–water partition coefficient (Wildman–Crippen LogP) is 2.29. The van der Waals surface area contributed by atoms with E-state index in [0.29, 0.717) is 11.1 Å². The third-order valence-corrected chi connectivity index (χ3v) is 3.30. The van der Waals surface area contributed by atoms with E-state index in [0.717, 1.165) is 5.39 Å². The van der Waals surface area contributed by atoms with Crippen molar-refractivity contribution in [1.29, 1.82) is 0 Å². The number of fused-ring (bicyclic) bond motifs is 1. The fourth-order valence-corrected chi connectivity index (χ4v) is 1.63. The Labute approximate surface area is 106 Å². The standard InChI is InChI=1S/C14H18N2O2/c1-9(15)14(2,3)16-13(17)11-8-18-12-7-5-4-6-10(11)12/h4-9H,15H2,1-3H3,(H,16,17). The van der Waals surface area contributed by atoms with Gasteiger partial charge >= 0.3 is 0 Å². The second kappa shape index (κ2) is 4.46. The second-order valence-corrected chi connectivity index (χ2v) is 5.11. The van der Waals surface area contributed by atoms with Crippen LogP contribution in [0.4, 0.5) is 0 Å². The summed E-state index contributed by atoms with van der Waals surface area (Å²) in [6.07, 6.45) is 1.48. The Kier molecular flexibility index (Phi) is 3.13. The lowest BCUT2D eigenvalue weighted by Gasteiger charge is -2.30. The quantitative estimate of drug-likeness (QED) is 0.873. The molecule has 18 heavy (non-hydrogen) atoms. The number of nitrogens with one attached hydrogen (secondary N) is 1. The molecule has 4 nitrogen and oxygen atoms in total. The molecule has 4 heteroatoms. The average molecular weight is 246 g/mol. The highest BCUT2D eigenvalue weighted by Crippen LogP contribution is 2.21. The van der Waals surface area contributed by atoms with E-state index in [-0.39, 0.29) is 11.9 Å². The molecule has 1 atom stereocenters. The van der Waals surface area contributed by atoms with E-state index < -0.39 is 5.54 Å². The van der Waals surface area contributed by atoms with Gasteiger partial charge in [-0.1, -0.05) is 18.2 Å². The number of furan rings is 1. The average Bonchev–Trinajstić information content (AvgIpc) is 2.71. The minimum atomic E-state index is -0.463. The van der Waals surface area contributed by atoms with Crippen molar-refractivity contribution in [3.63, 3.8) is 0 Å². The van der Waals surface area contributed by atoms with E-state index in [2.05, 4.69) is 5.32 Å². The van der Waals surface area contributed by atoms with E-state index >= 15 is 0 Å². The maximum Gasteiger partial charge on any atom is 0.255 e. The smallest absolute Gasteiger partial charge is 0.255 e. The van der Waals surface area contributed by atoms with Crippen molar-refractivity contribution in [1.82, 2.24) is 5.32 Å². The van der Waals surface area contributed by atoms with Gasteiger partial charge in [-0.05, 0) is 26.8 Å². The van der Waals surface area contributed by atoms with Crippen molar-refractivity contribution in [2.75, 3.05) is 0 Å². The first-order valence-electron chi connectivity index (χ1n) is 5.96. The summed E-state index contributed by atoms with van der Waals surface area (Å²) in [5, 5.41) is 3.74. The van der Waals surface area contributed by atoms with Crippen LogP contribution in [0.3, 0.4) is 0 Å². The largest absolute Gasteiger partial charge is 0.463 e. The van der Waals surface area contributed by atoms with Crippen LogP contribution in [-0.2, 0) is 0 Å². The minimum Gasteiger partial charge on any atom is -0.463 e. The topological polar surface area (TPSA) is 68.3 Å². The Hall–Kier alpha value is -1.81. The van der Waals surface area contributed by atoms with Gasteiger partial charge in [-0.2, -0.15) is 0 Å². The molecule has 0 aliphatic rings. The monoisotopic (exact) mass is 246 g/mol. The number of hydrogen-bond donors (Lipinski definition) is 2. The maximum atomic E-state index is 12.2. The maximum absolute atomic E-state index is 12.2. The molecule has 0 spiro atoms. The summed E-state index contributed by atoms with van der Waals surface area (Å²) in [5.74, 6) is -0.165. The lowest BCUT2D eigenvalue weighted by Crippen LogP contribution is -2.54. The highest BCUT2D eigenvalue weighted by molar-refractivity contribution is 6.06. The summed E-state index contributed by atoms with van der Waals surface area (Å²) >= 11 is 0. The summed E-state index contributed by atoms with van der Waals surface area (Å²) in [6, 6.07) is 7.32. The van der Waals surface area contributed by atoms with Crippen molar-refractivity contribution in [3.8, 4) is 0 Å². The summed E-state index contributed by atoms with van der Waals surface area (Å²) < 4.78 is 5.35. The predicted molar refractivity (Wildman–Crippen MR) is 71.4 cm³/mol. The molecular weight excluding hydrogens is 228 g/mol. The number of benzene rings is 1. The highest BCUT2D eigenvalue weighted by Gasteiger charge is 2.26. The molecule has 0 radical (unpaired) electrons. The molecule has 2 rings (SSSR count). The summed E-state index contributed by atoms with van der Waals surface area (Å²) in [7, 11) is 0. The Morgan fingerprint density at radius 1 is 1.39 bits per heavy atom. The van der Waals surface area contributed by atoms with Gasteiger partial charge in [0.25, 0.3) is 5.91 Å². The normalized spacial score (nSPS) is 13.6. The first-order valence-corrected chi connectivity index (χ1v) is 5.96. The molecule has 3 N–H and O–H groups in total. The van der Waals surface area contributed by atoms with Crippen molar-refractivity contribution in [3.05, 3.63) is 36.1 Å². The number of rotatable bonds is 3. The van der Waals surface area contributed by atoms with Crippen molar-refractivity contribution in [2.24, 2.45) is 5.73 Å². The van der Waals surface area contributed by atoms with Crippen molar-refractivity contribution in [2.45, 2.75) is 32.4 Å². The van der Waals surface area contributed by atoms with Crippen LogP contribution < -0.4 is 11.1 Å². The third kappa shape index (κ3) is 2.24. The molecule has 1 amide bonds. The molecule has 0 aliphatic carbocycles.